The SMILES string of the molecule is CCC(C(C)=O)c1nc(C)ccc1[N+](=O)[O-]. The number of Topliss-reactive ketones (excluding diaryl/α,β-unsaturated/α-hetero) is 1. The zero-order valence-corrected chi connectivity index (χ0v) is 9.56. The second-order valence-electron chi connectivity index (χ2n) is 3.69. The van der Waals surface area contributed by atoms with Crippen molar-refractivity contribution < 1.29 is 9.72 Å². The summed E-state index contributed by atoms with van der Waals surface area (Å²) in [6.45, 7) is 5.00. The number of ketones is 1. The fourth-order valence-electron chi connectivity index (χ4n) is 1.65. The Morgan fingerprint density at radius 3 is 2.62 bits per heavy atom. The van der Waals surface area contributed by atoms with Crippen LogP contribution in [0.15, 0.2) is 12.1 Å². The minimum atomic E-state index is -0.493. The van der Waals surface area contributed by atoms with E-state index in [0.29, 0.717) is 12.1 Å². The Kier molecular flexibility index (Phi) is 3.71. The van der Waals surface area contributed by atoms with Crippen LogP contribution in [0, 0.1) is 17.0 Å². The number of carbonyl (C=O) groups is 1. The second-order valence-corrected chi connectivity index (χ2v) is 3.69. The highest BCUT2D eigenvalue weighted by Gasteiger charge is 2.25. The van der Waals surface area contributed by atoms with E-state index in [1.54, 1.807) is 13.0 Å². The van der Waals surface area contributed by atoms with Crippen LogP contribution in [0.25, 0.3) is 0 Å². The summed E-state index contributed by atoms with van der Waals surface area (Å²) in [6, 6.07) is 2.98. The molecule has 0 spiro atoms. The maximum atomic E-state index is 11.4. The first-order valence-electron chi connectivity index (χ1n) is 5.09. The van der Waals surface area contributed by atoms with Crippen molar-refractivity contribution in [1.29, 1.82) is 0 Å². The molecule has 0 N–H and O–H groups in total. The average Bonchev–Trinajstić information content (AvgIpc) is 2.17. The Morgan fingerprint density at radius 1 is 1.56 bits per heavy atom. The average molecular weight is 222 g/mol. The third-order valence-electron chi connectivity index (χ3n) is 2.47. The molecule has 1 atom stereocenters. The molecule has 1 heterocycles. The van der Waals surface area contributed by atoms with Gasteiger partial charge in [0, 0.05) is 11.8 Å². The maximum absolute atomic E-state index is 11.4. The van der Waals surface area contributed by atoms with Crippen LogP contribution in [0.5, 0.6) is 0 Å². The quantitative estimate of drug-likeness (QED) is 0.579. The van der Waals surface area contributed by atoms with Gasteiger partial charge in [0.1, 0.15) is 11.5 Å². The molecule has 5 nitrogen and oxygen atoms in total. The van der Waals surface area contributed by atoms with E-state index < -0.39 is 10.8 Å². The molecule has 1 aromatic rings. The molecule has 5 heteroatoms. The Labute approximate surface area is 93.7 Å². The molecule has 0 radical (unpaired) electrons. The van der Waals surface area contributed by atoms with E-state index in [0.717, 1.165) is 0 Å². The number of aryl methyl sites for hydroxylation is 1. The summed E-state index contributed by atoms with van der Waals surface area (Å²) in [5, 5.41) is 10.8. The standard InChI is InChI=1S/C11H14N2O3/c1-4-9(8(3)14)11-10(13(15)16)6-5-7(2)12-11/h5-6,9H,4H2,1-3H3. The lowest BCUT2D eigenvalue weighted by Crippen LogP contribution is -2.12. The van der Waals surface area contributed by atoms with E-state index in [2.05, 4.69) is 4.98 Å². The molecule has 0 saturated heterocycles. The summed E-state index contributed by atoms with van der Waals surface area (Å²) in [4.78, 5) is 25.9. The minimum absolute atomic E-state index is 0.0762. The minimum Gasteiger partial charge on any atom is -0.299 e. The van der Waals surface area contributed by atoms with E-state index in [9.17, 15) is 14.9 Å². The highest BCUT2D eigenvalue weighted by Crippen LogP contribution is 2.27. The zero-order chi connectivity index (χ0) is 12.3. The molecule has 0 saturated carbocycles. The van der Waals surface area contributed by atoms with Gasteiger partial charge in [-0.2, -0.15) is 0 Å². The molecular formula is C11H14N2O3. The van der Waals surface area contributed by atoms with Gasteiger partial charge < -0.3 is 0 Å². The summed E-state index contributed by atoms with van der Waals surface area (Å²) < 4.78 is 0. The summed E-state index contributed by atoms with van der Waals surface area (Å²) in [7, 11) is 0. The lowest BCUT2D eigenvalue weighted by molar-refractivity contribution is -0.386. The molecule has 86 valence electrons. The van der Waals surface area contributed by atoms with Gasteiger partial charge in [-0.3, -0.25) is 19.9 Å². The normalized spacial score (nSPS) is 12.2. The van der Waals surface area contributed by atoms with Crippen LogP contribution < -0.4 is 0 Å². The van der Waals surface area contributed by atoms with Gasteiger partial charge in [0.15, 0.2) is 0 Å². The first-order valence-corrected chi connectivity index (χ1v) is 5.09. The van der Waals surface area contributed by atoms with Crippen LogP contribution in [0.1, 0.15) is 37.6 Å². The van der Waals surface area contributed by atoms with E-state index in [1.165, 1.54) is 13.0 Å². The summed E-state index contributed by atoms with van der Waals surface area (Å²) in [5.74, 6) is -0.580. The second kappa shape index (κ2) is 4.83. The fourth-order valence-corrected chi connectivity index (χ4v) is 1.65. The van der Waals surface area contributed by atoms with Gasteiger partial charge in [-0.1, -0.05) is 6.92 Å². The molecule has 1 aromatic heterocycles. The number of carbonyl (C=O) groups excluding carboxylic acids is 1. The lowest BCUT2D eigenvalue weighted by Gasteiger charge is -2.11. The highest BCUT2D eigenvalue weighted by molar-refractivity contribution is 5.83. The van der Waals surface area contributed by atoms with Crippen LogP contribution in [0.2, 0.25) is 0 Å². The van der Waals surface area contributed by atoms with Crippen LogP contribution >= 0.6 is 0 Å². The maximum Gasteiger partial charge on any atom is 0.291 e. The smallest absolute Gasteiger partial charge is 0.291 e. The van der Waals surface area contributed by atoms with Crippen LogP contribution in [-0.2, 0) is 4.79 Å². The van der Waals surface area contributed by atoms with E-state index in [1.807, 2.05) is 6.92 Å². The first-order chi connectivity index (χ1) is 7.47. The predicted molar refractivity (Wildman–Crippen MR) is 59.3 cm³/mol. The van der Waals surface area contributed by atoms with Crippen molar-refractivity contribution in [2.24, 2.45) is 0 Å². The summed E-state index contributed by atoms with van der Waals surface area (Å²) >= 11 is 0. The van der Waals surface area contributed by atoms with Crippen molar-refractivity contribution in [2.45, 2.75) is 33.1 Å². The Bertz CT molecular complexity index is 429. The number of rotatable bonds is 4. The summed E-state index contributed by atoms with van der Waals surface area (Å²) in [5.41, 5.74) is 0.882. The molecule has 1 rings (SSSR count). The Balaban J connectivity index is 3.33. The topological polar surface area (TPSA) is 73.1 Å². The molecule has 16 heavy (non-hydrogen) atoms. The number of pyridine rings is 1. The fraction of sp³-hybridized carbons (Fsp3) is 0.455. The number of nitrogens with zero attached hydrogens (tertiary/aromatic N) is 2. The molecule has 1 unspecified atom stereocenters. The van der Waals surface area contributed by atoms with Crippen molar-refractivity contribution in [3.63, 3.8) is 0 Å². The van der Waals surface area contributed by atoms with Crippen molar-refractivity contribution in [2.75, 3.05) is 0 Å². The molecule has 0 bridgehead atoms. The molecule has 0 aliphatic carbocycles. The van der Waals surface area contributed by atoms with Crippen molar-refractivity contribution in [1.82, 2.24) is 4.98 Å². The third-order valence-corrected chi connectivity index (χ3v) is 2.47. The largest absolute Gasteiger partial charge is 0.299 e. The molecule has 0 aliphatic heterocycles. The van der Waals surface area contributed by atoms with Crippen molar-refractivity contribution in [3.8, 4) is 0 Å². The van der Waals surface area contributed by atoms with Gasteiger partial charge in [-0.25, -0.2) is 0 Å². The molecule has 0 aliphatic rings. The summed E-state index contributed by atoms with van der Waals surface area (Å²) in [6.07, 6.45) is 0.520. The van der Waals surface area contributed by atoms with Crippen LogP contribution in [0.3, 0.4) is 0 Å². The zero-order valence-electron chi connectivity index (χ0n) is 9.56. The Hall–Kier alpha value is -1.78. The van der Waals surface area contributed by atoms with E-state index >= 15 is 0 Å². The predicted octanol–water partition coefficient (Wildman–Crippen LogP) is 2.38. The lowest BCUT2D eigenvalue weighted by atomic mass is 9.96. The molecule has 0 aromatic carbocycles. The number of nitro groups is 1. The van der Waals surface area contributed by atoms with Crippen molar-refractivity contribution in [3.05, 3.63) is 33.6 Å². The van der Waals surface area contributed by atoms with Gasteiger partial charge in [-0.15, -0.1) is 0 Å². The first kappa shape index (κ1) is 12.3. The van der Waals surface area contributed by atoms with Gasteiger partial charge in [0.25, 0.3) is 5.69 Å². The van der Waals surface area contributed by atoms with Gasteiger partial charge in [0.05, 0.1) is 10.8 Å². The molecule has 0 fully saturated rings. The molecular weight excluding hydrogens is 208 g/mol. The number of hydrogen-bond donors (Lipinski definition) is 0. The van der Waals surface area contributed by atoms with Crippen LogP contribution in [-0.4, -0.2) is 15.7 Å². The van der Waals surface area contributed by atoms with Gasteiger partial charge in [0.2, 0.25) is 0 Å². The van der Waals surface area contributed by atoms with Crippen LogP contribution in [0.4, 0.5) is 5.69 Å². The van der Waals surface area contributed by atoms with E-state index in [-0.39, 0.29) is 17.2 Å². The monoisotopic (exact) mass is 222 g/mol. The Morgan fingerprint density at radius 2 is 2.19 bits per heavy atom. The number of aromatic nitrogens is 1. The highest BCUT2D eigenvalue weighted by atomic mass is 16.6. The van der Waals surface area contributed by atoms with Gasteiger partial charge in [-0.05, 0) is 26.3 Å². The number of hydrogen-bond acceptors (Lipinski definition) is 4. The van der Waals surface area contributed by atoms with E-state index in [4.69, 9.17) is 0 Å². The van der Waals surface area contributed by atoms with Crippen molar-refractivity contribution >= 4 is 11.5 Å². The third kappa shape index (κ3) is 2.42. The molecule has 0 amide bonds. The van der Waals surface area contributed by atoms with Gasteiger partial charge >= 0.3 is 0 Å².